The van der Waals surface area contributed by atoms with Crippen LogP contribution in [0, 0.1) is 0 Å². The smallest absolute Gasteiger partial charge is 0.261 e. The molecule has 1 aromatic heterocycles. The van der Waals surface area contributed by atoms with E-state index >= 15 is 0 Å². The molecule has 0 saturated heterocycles. The van der Waals surface area contributed by atoms with E-state index in [0.717, 1.165) is 0 Å². The van der Waals surface area contributed by atoms with Gasteiger partial charge in [-0.05, 0) is 25.3 Å². The molecule has 0 spiro atoms. The summed E-state index contributed by atoms with van der Waals surface area (Å²) in [5.41, 5.74) is 5.10. The Morgan fingerprint density at radius 2 is 2.11 bits per heavy atom. The first-order chi connectivity index (χ1) is 8.44. The molecule has 0 fully saturated rings. The fourth-order valence-corrected chi connectivity index (χ4v) is 1.92. The summed E-state index contributed by atoms with van der Waals surface area (Å²) in [5, 5.41) is 7.34. The Labute approximate surface area is 123 Å². The lowest BCUT2D eigenvalue weighted by molar-refractivity contribution is -0.122. The molecule has 0 aliphatic carbocycles. The van der Waals surface area contributed by atoms with Crippen LogP contribution in [0.4, 0.5) is 0 Å². The van der Waals surface area contributed by atoms with E-state index in [9.17, 15) is 9.59 Å². The van der Waals surface area contributed by atoms with Crippen LogP contribution >= 0.6 is 23.7 Å². The molecule has 1 aromatic rings. The van der Waals surface area contributed by atoms with Gasteiger partial charge in [-0.1, -0.05) is 6.07 Å². The number of thiophene rings is 1. The third-order valence-corrected chi connectivity index (χ3v) is 3.24. The lowest BCUT2D eigenvalue weighted by Gasteiger charge is -2.24. The van der Waals surface area contributed by atoms with Gasteiger partial charge in [0, 0.05) is 25.0 Å². The maximum absolute atomic E-state index is 11.6. The number of hydrogen-bond donors (Lipinski definition) is 3. The maximum Gasteiger partial charge on any atom is 0.261 e. The van der Waals surface area contributed by atoms with E-state index < -0.39 is 5.54 Å². The SMILES string of the molecule is CC(C)(CN)NC(=O)CCNC(=O)c1cccs1.Cl. The van der Waals surface area contributed by atoms with Crippen LogP contribution in [-0.4, -0.2) is 30.4 Å². The molecule has 0 atom stereocenters. The molecule has 0 unspecified atom stereocenters. The Balaban J connectivity index is 0.00000324. The average molecular weight is 306 g/mol. The first-order valence-electron chi connectivity index (χ1n) is 5.77. The van der Waals surface area contributed by atoms with E-state index in [0.29, 0.717) is 18.0 Å². The van der Waals surface area contributed by atoms with Gasteiger partial charge in [0.15, 0.2) is 0 Å². The highest BCUT2D eigenvalue weighted by Crippen LogP contribution is 2.07. The van der Waals surface area contributed by atoms with Gasteiger partial charge in [0.25, 0.3) is 5.91 Å². The van der Waals surface area contributed by atoms with E-state index in [4.69, 9.17) is 5.73 Å². The largest absolute Gasteiger partial charge is 0.351 e. The first kappa shape index (κ1) is 17.9. The number of nitrogens with two attached hydrogens (primary N) is 1. The predicted octanol–water partition coefficient (Wildman–Crippen LogP) is 1.14. The minimum atomic E-state index is -0.408. The highest BCUT2D eigenvalue weighted by atomic mass is 35.5. The number of halogens is 1. The van der Waals surface area contributed by atoms with Gasteiger partial charge in [0.1, 0.15) is 0 Å². The highest BCUT2D eigenvalue weighted by Gasteiger charge is 2.17. The molecule has 108 valence electrons. The summed E-state index contributed by atoms with van der Waals surface area (Å²) in [6, 6.07) is 3.56. The number of hydrogen-bond acceptors (Lipinski definition) is 4. The van der Waals surface area contributed by atoms with Crippen molar-refractivity contribution >= 4 is 35.6 Å². The maximum atomic E-state index is 11.6. The van der Waals surface area contributed by atoms with Crippen LogP contribution in [0.2, 0.25) is 0 Å². The van der Waals surface area contributed by atoms with Gasteiger partial charge in [-0.3, -0.25) is 9.59 Å². The molecule has 2 amide bonds. The minimum absolute atomic E-state index is 0. The van der Waals surface area contributed by atoms with Crippen LogP contribution in [0.15, 0.2) is 17.5 Å². The molecule has 0 radical (unpaired) electrons. The van der Waals surface area contributed by atoms with E-state index in [-0.39, 0.29) is 30.6 Å². The van der Waals surface area contributed by atoms with Crippen molar-refractivity contribution in [3.63, 3.8) is 0 Å². The van der Waals surface area contributed by atoms with Crippen molar-refractivity contribution < 1.29 is 9.59 Å². The van der Waals surface area contributed by atoms with Gasteiger partial charge >= 0.3 is 0 Å². The Morgan fingerprint density at radius 1 is 1.42 bits per heavy atom. The summed E-state index contributed by atoms with van der Waals surface area (Å²) in [7, 11) is 0. The molecule has 19 heavy (non-hydrogen) atoms. The van der Waals surface area contributed by atoms with Crippen LogP contribution in [0.5, 0.6) is 0 Å². The Hall–Kier alpha value is -1.11. The highest BCUT2D eigenvalue weighted by molar-refractivity contribution is 7.12. The van der Waals surface area contributed by atoms with E-state index in [2.05, 4.69) is 10.6 Å². The Bertz CT molecular complexity index is 407. The summed E-state index contributed by atoms with van der Waals surface area (Å²) in [6.07, 6.45) is 0.251. The number of rotatable bonds is 6. The van der Waals surface area contributed by atoms with Crippen molar-refractivity contribution in [3.8, 4) is 0 Å². The fraction of sp³-hybridized carbons (Fsp3) is 0.500. The number of nitrogens with one attached hydrogen (secondary N) is 2. The number of carbonyl (C=O) groups excluding carboxylic acids is 2. The zero-order valence-electron chi connectivity index (χ0n) is 11.1. The summed E-state index contributed by atoms with van der Waals surface area (Å²) in [4.78, 5) is 23.8. The van der Waals surface area contributed by atoms with Crippen LogP contribution in [0.3, 0.4) is 0 Å². The zero-order valence-corrected chi connectivity index (χ0v) is 12.7. The number of amides is 2. The Morgan fingerprint density at radius 3 is 2.63 bits per heavy atom. The van der Waals surface area contributed by atoms with Gasteiger partial charge in [0.2, 0.25) is 5.91 Å². The van der Waals surface area contributed by atoms with Gasteiger partial charge in [0.05, 0.1) is 4.88 Å². The van der Waals surface area contributed by atoms with E-state index in [1.165, 1.54) is 11.3 Å². The third kappa shape index (κ3) is 6.56. The predicted molar refractivity (Wildman–Crippen MR) is 79.8 cm³/mol. The van der Waals surface area contributed by atoms with Crippen LogP contribution in [0.1, 0.15) is 29.9 Å². The second kappa shape index (κ2) is 8.14. The van der Waals surface area contributed by atoms with Crippen molar-refractivity contribution in [1.82, 2.24) is 10.6 Å². The molecule has 1 heterocycles. The Kier molecular flexibility index (Phi) is 7.66. The summed E-state index contributed by atoms with van der Waals surface area (Å²) < 4.78 is 0. The minimum Gasteiger partial charge on any atom is -0.351 e. The van der Waals surface area contributed by atoms with Crippen molar-refractivity contribution in [3.05, 3.63) is 22.4 Å². The monoisotopic (exact) mass is 305 g/mol. The fourth-order valence-electron chi connectivity index (χ4n) is 1.28. The van der Waals surface area contributed by atoms with Gasteiger partial charge in [-0.2, -0.15) is 0 Å². The molecular weight excluding hydrogens is 286 g/mol. The van der Waals surface area contributed by atoms with E-state index in [1.807, 2.05) is 25.3 Å². The molecule has 1 rings (SSSR count). The average Bonchev–Trinajstić information content (AvgIpc) is 2.81. The second-order valence-electron chi connectivity index (χ2n) is 4.62. The lowest BCUT2D eigenvalue weighted by Crippen LogP contribution is -2.49. The molecule has 0 aliphatic heterocycles. The van der Waals surface area contributed by atoms with Crippen LogP contribution in [0.25, 0.3) is 0 Å². The zero-order chi connectivity index (χ0) is 13.6. The van der Waals surface area contributed by atoms with Crippen molar-refractivity contribution in [2.24, 2.45) is 5.73 Å². The van der Waals surface area contributed by atoms with E-state index in [1.54, 1.807) is 6.07 Å². The standard InChI is InChI=1S/C12H19N3O2S.ClH/c1-12(2,8-13)15-10(16)5-6-14-11(17)9-4-3-7-18-9;/h3-4,7H,5-6,8,13H2,1-2H3,(H,14,17)(H,15,16);1H. The van der Waals surface area contributed by atoms with Crippen molar-refractivity contribution in [1.29, 1.82) is 0 Å². The quantitative estimate of drug-likeness (QED) is 0.737. The molecule has 0 bridgehead atoms. The first-order valence-corrected chi connectivity index (χ1v) is 6.65. The van der Waals surface area contributed by atoms with Crippen molar-refractivity contribution in [2.45, 2.75) is 25.8 Å². The molecular formula is C12H20ClN3O2S. The second-order valence-corrected chi connectivity index (χ2v) is 5.57. The molecule has 4 N–H and O–H groups in total. The van der Waals surface area contributed by atoms with Crippen molar-refractivity contribution in [2.75, 3.05) is 13.1 Å². The van der Waals surface area contributed by atoms with Gasteiger partial charge < -0.3 is 16.4 Å². The lowest BCUT2D eigenvalue weighted by atomic mass is 10.1. The number of carbonyl (C=O) groups is 2. The van der Waals surface area contributed by atoms with Crippen LogP contribution < -0.4 is 16.4 Å². The topological polar surface area (TPSA) is 84.2 Å². The summed E-state index contributed by atoms with van der Waals surface area (Å²) in [5.74, 6) is -0.257. The molecule has 0 aromatic carbocycles. The van der Waals surface area contributed by atoms with Crippen LogP contribution in [-0.2, 0) is 4.79 Å². The summed E-state index contributed by atoms with van der Waals surface area (Å²) >= 11 is 1.37. The van der Waals surface area contributed by atoms with Gasteiger partial charge in [-0.25, -0.2) is 0 Å². The molecule has 7 heteroatoms. The summed E-state index contributed by atoms with van der Waals surface area (Å²) in [6.45, 7) is 4.41. The molecule has 5 nitrogen and oxygen atoms in total. The van der Waals surface area contributed by atoms with Gasteiger partial charge in [-0.15, -0.1) is 23.7 Å². The third-order valence-electron chi connectivity index (χ3n) is 2.37. The molecule has 0 aliphatic rings. The normalized spacial score (nSPS) is 10.5. The molecule has 0 saturated carbocycles.